The molecule has 29 heavy (non-hydrogen) atoms. The lowest BCUT2D eigenvalue weighted by Gasteiger charge is -2.19. The molecule has 2 aromatic carbocycles. The van der Waals surface area contributed by atoms with Crippen LogP contribution in [0.5, 0.6) is 0 Å². The van der Waals surface area contributed by atoms with Crippen molar-refractivity contribution < 1.29 is 4.79 Å². The summed E-state index contributed by atoms with van der Waals surface area (Å²) >= 11 is 5.97. The summed E-state index contributed by atoms with van der Waals surface area (Å²) in [5, 5.41) is 13.1. The summed E-state index contributed by atoms with van der Waals surface area (Å²) in [6.45, 7) is 5.63. The van der Waals surface area contributed by atoms with E-state index in [1.165, 1.54) is 0 Å². The molecule has 0 aliphatic rings. The van der Waals surface area contributed by atoms with Crippen LogP contribution >= 0.6 is 11.6 Å². The Morgan fingerprint density at radius 2 is 1.83 bits per heavy atom. The highest BCUT2D eigenvalue weighted by atomic mass is 35.5. The van der Waals surface area contributed by atoms with Crippen LogP contribution in [0.15, 0.2) is 60.9 Å². The normalized spacial score (nSPS) is 11.6. The number of nitrogens with one attached hydrogen (secondary N) is 1. The van der Waals surface area contributed by atoms with Gasteiger partial charge in [0.25, 0.3) is 0 Å². The van der Waals surface area contributed by atoms with Crippen molar-refractivity contribution in [2.75, 3.05) is 5.32 Å². The van der Waals surface area contributed by atoms with E-state index >= 15 is 0 Å². The van der Waals surface area contributed by atoms with Crippen LogP contribution in [0.3, 0.4) is 0 Å². The lowest BCUT2D eigenvalue weighted by molar-refractivity contribution is -0.123. The first-order chi connectivity index (χ1) is 13.8. The largest absolute Gasteiger partial charge is 0.324 e. The monoisotopic (exact) mass is 405 g/mol. The molecule has 0 bridgehead atoms. The van der Waals surface area contributed by atoms with E-state index in [-0.39, 0.29) is 5.91 Å². The number of rotatable bonds is 3. The summed E-state index contributed by atoms with van der Waals surface area (Å²) in [5.41, 5.74) is 3.36. The van der Waals surface area contributed by atoms with Crippen molar-refractivity contribution in [1.29, 1.82) is 0 Å². The van der Waals surface area contributed by atoms with Crippen LogP contribution in [-0.4, -0.2) is 25.9 Å². The van der Waals surface area contributed by atoms with Gasteiger partial charge in [-0.05, 0) is 36.4 Å². The lowest BCUT2D eigenvalue weighted by Crippen LogP contribution is -2.27. The molecule has 1 N–H and O–H groups in total. The second-order valence-corrected chi connectivity index (χ2v) is 8.23. The molecule has 0 atom stereocenters. The maximum atomic E-state index is 12.4. The van der Waals surface area contributed by atoms with Crippen LogP contribution < -0.4 is 5.32 Å². The van der Waals surface area contributed by atoms with E-state index in [1.54, 1.807) is 10.9 Å². The first-order valence-corrected chi connectivity index (χ1v) is 9.58. The SMILES string of the molecule is CC(C)(C)C(=O)Nc1ccc(-n2cc(-c3ccc(Cl)cc3)nn2)c2cccnc12. The van der Waals surface area contributed by atoms with Gasteiger partial charge in [-0.3, -0.25) is 9.78 Å². The second-order valence-electron chi connectivity index (χ2n) is 7.79. The molecule has 0 unspecified atom stereocenters. The first kappa shape index (κ1) is 19.1. The lowest BCUT2D eigenvalue weighted by atomic mass is 9.95. The van der Waals surface area contributed by atoms with Crippen molar-refractivity contribution in [3.63, 3.8) is 0 Å². The van der Waals surface area contributed by atoms with Gasteiger partial charge in [-0.2, -0.15) is 0 Å². The number of aromatic nitrogens is 4. The van der Waals surface area contributed by atoms with Crippen LogP contribution in [0.4, 0.5) is 5.69 Å². The van der Waals surface area contributed by atoms with Crippen LogP contribution in [-0.2, 0) is 4.79 Å². The van der Waals surface area contributed by atoms with Crippen molar-refractivity contribution in [2.24, 2.45) is 5.41 Å². The van der Waals surface area contributed by atoms with Crippen molar-refractivity contribution in [3.05, 3.63) is 65.9 Å². The van der Waals surface area contributed by atoms with Crippen molar-refractivity contribution in [3.8, 4) is 16.9 Å². The van der Waals surface area contributed by atoms with Crippen LogP contribution in [0, 0.1) is 5.41 Å². The molecule has 0 spiro atoms. The number of pyridine rings is 1. The highest BCUT2D eigenvalue weighted by Gasteiger charge is 2.22. The number of hydrogen-bond donors (Lipinski definition) is 1. The standard InChI is InChI=1S/C22H20ClN5O/c1-22(2,3)21(29)25-17-10-11-19(16-5-4-12-24-20(16)17)28-13-18(26-27-28)14-6-8-15(23)9-7-14/h4-13H,1-3H3,(H,25,29). The average Bonchev–Trinajstić information content (AvgIpc) is 3.18. The van der Waals surface area contributed by atoms with Crippen molar-refractivity contribution in [2.45, 2.75) is 20.8 Å². The molecule has 146 valence electrons. The molecule has 7 heteroatoms. The fourth-order valence-corrected chi connectivity index (χ4v) is 3.03. The first-order valence-electron chi connectivity index (χ1n) is 9.21. The molecule has 0 aliphatic carbocycles. The fourth-order valence-electron chi connectivity index (χ4n) is 2.90. The summed E-state index contributed by atoms with van der Waals surface area (Å²) in [4.78, 5) is 16.9. The number of carbonyl (C=O) groups excluding carboxylic acids is 1. The third-order valence-corrected chi connectivity index (χ3v) is 4.81. The minimum absolute atomic E-state index is 0.0667. The maximum absolute atomic E-state index is 12.4. The molecule has 0 saturated carbocycles. The zero-order valence-corrected chi connectivity index (χ0v) is 17.1. The molecule has 2 heterocycles. The Bertz CT molecular complexity index is 1190. The van der Waals surface area contributed by atoms with E-state index in [1.807, 2.05) is 75.5 Å². The molecule has 1 amide bonds. The van der Waals surface area contributed by atoms with Gasteiger partial charge in [-0.25, -0.2) is 4.68 Å². The Kier molecular flexibility index (Phi) is 4.80. The van der Waals surface area contributed by atoms with Crippen LogP contribution in [0.25, 0.3) is 27.8 Å². The molecule has 0 radical (unpaired) electrons. The number of benzene rings is 2. The average molecular weight is 406 g/mol. The van der Waals surface area contributed by atoms with Gasteiger partial charge in [-0.1, -0.05) is 49.7 Å². The number of carbonyl (C=O) groups is 1. The predicted octanol–water partition coefficient (Wildman–Crippen LogP) is 5.12. The Balaban J connectivity index is 1.75. The number of amides is 1. The van der Waals surface area contributed by atoms with Gasteiger partial charge >= 0.3 is 0 Å². The highest BCUT2D eigenvalue weighted by molar-refractivity contribution is 6.30. The van der Waals surface area contributed by atoms with Gasteiger partial charge in [0.1, 0.15) is 5.69 Å². The predicted molar refractivity (Wildman–Crippen MR) is 115 cm³/mol. The van der Waals surface area contributed by atoms with Crippen molar-refractivity contribution in [1.82, 2.24) is 20.0 Å². The molecule has 0 saturated heterocycles. The van der Waals surface area contributed by atoms with E-state index in [9.17, 15) is 4.79 Å². The highest BCUT2D eigenvalue weighted by Crippen LogP contribution is 2.29. The number of halogens is 1. The van der Waals surface area contributed by atoms with Gasteiger partial charge in [0, 0.05) is 27.6 Å². The maximum Gasteiger partial charge on any atom is 0.229 e. The summed E-state index contributed by atoms with van der Waals surface area (Å²) in [7, 11) is 0. The quantitative estimate of drug-likeness (QED) is 0.513. The summed E-state index contributed by atoms with van der Waals surface area (Å²) in [5.74, 6) is -0.0667. The van der Waals surface area contributed by atoms with E-state index in [4.69, 9.17) is 11.6 Å². The van der Waals surface area contributed by atoms with E-state index in [2.05, 4.69) is 20.6 Å². The Morgan fingerprint density at radius 1 is 1.07 bits per heavy atom. The molecule has 2 aromatic heterocycles. The van der Waals surface area contributed by atoms with Crippen LogP contribution in [0.1, 0.15) is 20.8 Å². The number of nitrogens with zero attached hydrogens (tertiary/aromatic N) is 4. The zero-order valence-electron chi connectivity index (χ0n) is 16.3. The number of fused-ring (bicyclic) bond motifs is 1. The fraction of sp³-hybridized carbons (Fsp3) is 0.182. The topological polar surface area (TPSA) is 72.7 Å². The minimum Gasteiger partial charge on any atom is -0.324 e. The summed E-state index contributed by atoms with van der Waals surface area (Å²) in [6, 6.07) is 15.0. The minimum atomic E-state index is -0.501. The third-order valence-electron chi connectivity index (χ3n) is 4.56. The van der Waals surface area contributed by atoms with Gasteiger partial charge in [0.05, 0.1) is 23.1 Å². The van der Waals surface area contributed by atoms with Gasteiger partial charge in [0.2, 0.25) is 5.91 Å². The molecular formula is C22H20ClN5O. The smallest absolute Gasteiger partial charge is 0.229 e. The second kappa shape index (κ2) is 7.29. The summed E-state index contributed by atoms with van der Waals surface area (Å²) < 4.78 is 1.71. The van der Waals surface area contributed by atoms with E-state index in [0.717, 1.165) is 22.3 Å². The molecular weight excluding hydrogens is 386 g/mol. The molecule has 4 aromatic rings. The van der Waals surface area contributed by atoms with Crippen molar-refractivity contribution >= 4 is 34.1 Å². The number of anilines is 1. The van der Waals surface area contributed by atoms with Crippen LogP contribution in [0.2, 0.25) is 5.02 Å². The molecule has 0 aliphatic heterocycles. The number of hydrogen-bond acceptors (Lipinski definition) is 4. The molecule has 6 nitrogen and oxygen atoms in total. The molecule has 0 fully saturated rings. The Morgan fingerprint density at radius 3 is 2.55 bits per heavy atom. The van der Waals surface area contributed by atoms with E-state index in [0.29, 0.717) is 16.2 Å². The molecule has 4 rings (SSSR count). The summed E-state index contributed by atoms with van der Waals surface area (Å²) in [6.07, 6.45) is 3.57. The van der Waals surface area contributed by atoms with E-state index < -0.39 is 5.41 Å². The Hall–Kier alpha value is -3.25. The zero-order chi connectivity index (χ0) is 20.6. The van der Waals surface area contributed by atoms with Gasteiger partial charge in [0.15, 0.2) is 0 Å². The van der Waals surface area contributed by atoms with Gasteiger partial charge in [-0.15, -0.1) is 5.10 Å². The Labute approximate surface area is 173 Å². The van der Waals surface area contributed by atoms with Gasteiger partial charge < -0.3 is 5.32 Å². The third kappa shape index (κ3) is 3.84.